The minimum absolute atomic E-state index is 0.159. The van der Waals surface area contributed by atoms with Crippen LogP contribution in [0.15, 0.2) is 59.4 Å². The van der Waals surface area contributed by atoms with E-state index >= 15 is 0 Å². The first-order valence-electron chi connectivity index (χ1n) is 8.76. The Balaban J connectivity index is 2.18. The van der Waals surface area contributed by atoms with E-state index in [1.165, 1.54) is 0 Å². The van der Waals surface area contributed by atoms with Gasteiger partial charge in [-0.1, -0.05) is 24.3 Å². The van der Waals surface area contributed by atoms with Crippen LogP contribution in [0, 0.1) is 10.5 Å². The number of halogens is 1. The molecule has 0 aliphatic carbocycles. The van der Waals surface area contributed by atoms with E-state index in [-0.39, 0.29) is 17.5 Å². The molecule has 140 valence electrons. The average molecular weight is 475 g/mol. The molecule has 0 unspecified atom stereocenters. The fourth-order valence-electron chi connectivity index (χ4n) is 3.19. The zero-order valence-corrected chi connectivity index (χ0v) is 18.0. The fraction of sp³-hybridized carbons (Fsp3) is 0.238. The fourth-order valence-corrected chi connectivity index (χ4v) is 3.73. The molecule has 0 aliphatic rings. The maximum Gasteiger partial charge on any atom is 0.295 e. The quantitative estimate of drug-likeness (QED) is 0.533. The smallest absolute Gasteiger partial charge is 0.295 e. The van der Waals surface area contributed by atoms with Gasteiger partial charge >= 0.3 is 0 Å². The number of benzene rings is 2. The second kappa shape index (κ2) is 7.72. The van der Waals surface area contributed by atoms with Crippen LogP contribution in [0.25, 0.3) is 5.69 Å². The first kappa shape index (κ1) is 19.4. The Morgan fingerprint density at radius 1 is 1.07 bits per heavy atom. The molecule has 3 aromatic rings. The molecule has 6 heteroatoms. The number of carbonyl (C=O) groups excluding carboxylic acids is 1. The maximum atomic E-state index is 13.3. The zero-order valence-electron chi connectivity index (χ0n) is 15.8. The number of anilines is 1. The van der Waals surface area contributed by atoms with Gasteiger partial charge in [-0.25, -0.2) is 4.68 Å². The zero-order chi connectivity index (χ0) is 19.7. The Labute approximate surface area is 172 Å². The van der Waals surface area contributed by atoms with Gasteiger partial charge in [0, 0.05) is 22.2 Å². The van der Waals surface area contributed by atoms with E-state index in [1.807, 2.05) is 76.3 Å². The highest BCUT2D eigenvalue weighted by Crippen LogP contribution is 2.23. The molecule has 0 atom stereocenters. The number of rotatable bonds is 4. The predicted molar refractivity (Wildman–Crippen MR) is 117 cm³/mol. The van der Waals surface area contributed by atoms with Crippen molar-refractivity contribution in [1.29, 1.82) is 0 Å². The van der Waals surface area contributed by atoms with Crippen molar-refractivity contribution in [2.24, 2.45) is 7.05 Å². The number of hydrogen-bond acceptors (Lipinski definition) is 2. The number of para-hydroxylation sites is 1. The summed E-state index contributed by atoms with van der Waals surface area (Å²) >= 11 is 2.18. The minimum atomic E-state index is -0.200. The highest BCUT2D eigenvalue weighted by molar-refractivity contribution is 14.1. The second-order valence-corrected chi connectivity index (χ2v) is 7.94. The summed E-state index contributed by atoms with van der Waals surface area (Å²) in [6.45, 7) is 5.71. The lowest BCUT2D eigenvalue weighted by Crippen LogP contribution is -2.40. The number of carbonyl (C=O) groups is 1. The normalized spacial score (nSPS) is 11.0. The van der Waals surface area contributed by atoms with Crippen LogP contribution in [-0.2, 0) is 7.05 Å². The van der Waals surface area contributed by atoms with E-state index in [9.17, 15) is 9.59 Å². The molecule has 0 aliphatic heterocycles. The van der Waals surface area contributed by atoms with Crippen molar-refractivity contribution in [1.82, 2.24) is 9.36 Å². The van der Waals surface area contributed by atoms with Gasteiger partial charge in [0.2, 0.25) is 0 Å². The van der Waals surface area contributed by atoms with Gasteiger partial charge in [-0.05, 0) is 73.7 Å². The molecule has 1 amide bonds. The highest BCUT2D eigenvalue weighted by Gasteiger charge is 2.29. The van der Waals surface area contributed by atoms with Gasteiger partial charge in [0.05, 0.1) is 11.4 Å². The van der Waals surface area contributed by atoms with E-state index < -0.39 is 0 Å². The van der Waals surface area contributed by atoms with Crippen LogP contribution in [0.1, 0.15) is 29.9 Å². The summed E-state index contributed by atoms with van der Waals surface area (Å²) in [5.41, 5.74) is 2.31. The molecule has 3 rings (SSSR count). The summed E-state index contributed by atoms with van der Waals surface area (Å²) in [6, 6.07) is 16.7. The Kier molecular flexibility index (Phi) is 5.55. The third-order valence-electron chi connectivity index (χ3n) is 4.57. The molecule has 5 nitrogen and oxygen atoms in total. The number of aromatic nitrogens is 2. The van der Waals surface area contributed by atoms with Crippen molar-refractivity contribution < 1.29 is 4.79 Å². The van der Waals surface area contributed by atoms with Gasteiger partial charge in [0.25, 0.3) is 11.5 Å². The van der Waals surface area contributed by atoms with Crippen molar-refractivity contribution in [3.05, 3.63) is 79.8 Å². The third-order valence-corrected chi connectivity index (χ3v) is 5.24. The second-order valence-electron chi connectivity index (χ2n) is 6.69. The Hall–Kier alpha value is -2.35. The van der Waals surface area contributed by atoms with Crippen LogP contribution in [-0.4, -0.2) is 21.3 Å². The van der Waals surface area contributed by atoms with Crippen molar-refractivity contribution in [2.45, 2.75) is 26.8 Å². The molecule has 27 heavy (non-hydrogen) atoms. The van der Waals surface area contributed by atoms with Gasteiger partial charge < -0.3 is 0 Å². The Morgan fingerprint density at radius 2 is 1.74 bits per heavy atom. The van der Waals surface area contributed by atoms with Crippen LogP contribution in [0.3, 0.4) is 0 Å². The van der Waals surface area contributed by atoms with E-state index in [4.69, 9.17) is 0 Å². The van der Waals surface area contributed by atoms with Crippen molar-refractivity contribution in [3.8, 4) is 5.69 Å². The summed E-state index contributed by atoms with van der Waals surface area (Å²) in [6.07, 6.45) is 0. The Bertz CT molecular complexity index is 1040. The van der Waals surface area contributed by atoms with Crippen molar-refractivity contribution in [2.75, 3.05) is 4.90 Å². The Morgan fingerprint density at radius 3 is 2.33 bits per heavy atom. The van der Waals surface area contributed by atoms with E-state index in [2.05, 4.69) is 22.6 Å². The van der Waals surface area contributed by atoms with Crippen LogP contribution >= 0.6 is 22.6 Å². The molecule has 2 aromatic carbocycles. The topological polar surface area (TPSA) is 47.2 Å². The monoisotopic (exact) mass is 475 g/mol. The molecule has 0 saturated carbocycles. The molecule has 0 saturated heterocycles. The maximum absolute atomic E-state index is 13.3. The predicted octanol–water partition coefficient (Wildman–Crippen LogP) is 4.14. The van der Waals surface area contributed by atoms with Crippen molar-refractivity contribution >= 4 is 34.2 Å². The molecule has 0 spiro atoms. The van der Waals surface area contributed by atoms with Crippen LogP contribution in [0.2, 0.25) is 0 Å². The van der Waals surface area contributed by atoms with E-state index in [1.54, 1.807) is 20.3 Å². The largest absolute Gasteiger partial charge is 0.299 e. The van der Waals surface area contributed by atoms with Gasteiger partial charge in [0.15, 0.2) is 0 Å². The van der Waals surface area contributed by atoms with Crippen LogP contribution < -0.4 is 10.5 Å². The van der Waals surface area contributed by atoms with Gasteiger partial charge in [-0.2, -0.15) is 0 Å². The van der Waals surface area contributed by atoms with Gasteiger partial charge in [-0.3, -0.25) is 19.2 Å². The molecule has 1 aromatic heterocycles. The van der Waals surface area contributed by atoms with E-state index in [0.717, 1.165) is 15.0 Å². The summed E-state index contributed by atoms with van der Waals surface area (Å²) in [7, 11) is 1.83. The average Bonchev–Trinajstić information content (AvgIpc) is 2.86. The van der Waals surface area contributed by atoms with Gasteiger partial charge in [0.1, 0.15) is 5.69 Å². The molecule has 1 heterocycles. The summed E-state index contributed by atoms with van der Waals surface area (Å²) in [4.78, 5) is 28.2. The number of hydrogen-bond donors (Lipinski definition) is 0. The molecule has 0 N–H and O–H groups in total. The first-order valence-corrected chi connectivity index (χ1v) is 9.84. The van der Waals surface area contributed by atoms with Crippen LogP contribution in [0.5, 0.6) is 0 Å². The van der Waals surface area contributed by atoms with E-state index in [0.29, 0.717) is 11.3 Å². The highest BCUT2D eigenvalue weighted by atomic mass is 127. The first-order chi connectivity index (χ1) is 12.8. The number of nitrogens with zero attached hydrogens (tertiary/aromatic N) is 3. The lowest BCUT2D eigenvalue weighted by molar-refractivity contribution is 0.0979. The molecule has 0 radical (unpaired) electrons. The minimum Gasteiger partial charge on any atom is -0.299 e. The van der Waals surface area contributed by atoms with Crippen molar-refractivity contribution in [3.63, 3.8) is 0 Å². The molecule has 0 bridgehead atoms. The lowest BCUT2D eigenvalue weighted by Gasteiger charge is -2.26. The summed E-state index contributed by atoms with van der Waals surface area (Å²) in [5.74, 6) is -0.172. The third kappa shape index (κ3) is 3.58. The number of amides is 1. The van der Waals surface area contributed by atoms with Gasteiger partial charge in [-0.15, -0.1) is 0 Å². The SMILES string of the molecule is Cc1c(N(C(=O)c2cccc(I)c2)C(C)C)c(=O)n(-c2ccccc2)n1C. The molecule has 0 fully saturated rings. The molecular weight excluding hydrogens is 453 g/mol. The lowest BCUT2D eigenvalue weighted by atomic mass is 10.1. The summed E-state index contributed by atoms with van der Waals surface area (Å²) in [5, 5.41) is 0. The summed E-state index contributed by atoms with van der Waals surface area (Å²) < 4.78 is 4.38. The van der Waals surface area contributed by atoms with Crippen LogP contribution in [0.4, 0.5) is 5.69 Å². The standard InChI is InChI=1S/C21H22IN3O2/c1-14(2)24(20(26)16-9-8-10-17(22)13-16)19-15(3)23(4)25(21(19)27)18-11-6-5-7-12-18/h5-14H,1-4H3. The molecular formula is C21H22IN3O2.